The van der Waals surface area contributed by atoms with E-state index in [9.17, 15) is 4.79 Å². The number of hydrogen-bond donors (Lipinski definition) is 2. The number of hydrogen-bond acceptors (Lipinski definition) is 2. The van der Waals surface area contributed by atoms with Crippen molar-refractivity contribution in [3.05, 3.63) is 0 Å². The quantitative estimate of drug-likeness (QED) is 0.563. The minimum Gasteiger partial charge on any atom is -0.369 e. The van der Waals surface area contributed by atoms with Crippen LogP contribution in [0.5, 0.6) is 0 Å². The van der Waals surface area contributed by atoms with E-state index < -0.39 is 0 Å². The first-order valence-electron chi connectivity index (χ1n) is 2.31. The molecule has 0 aromatic heterocycles. The van der Waals surface area contributed by atoms with Gasteiger partial charge < -0.3 is 11.1 Å². The predicted molar refractivity (Wildman–Crippen MR) is 40.1 cm³/mol. The smallest absolute Gasteiger partial charge is 0.223 e. The van der Waals surface area contributed by atoms with Crippen LogP contribution in [-0.2, 0) is 4.79 Å². The number of halogens is 2. The van der Waals surface area contributed by atoms with Crippen LogP contribution in [0.3, 0.4) is 0 Å². The maximum absolute atomic E-state index is 10.2. The van der Waals surface area contributed by atoms with Crippen LogP contribution < -0.4 is 11.1 Å². The summed E-state index contributed by atoms with van der Waals surface area (Å²) in [7, 11) is 0. The Bertz CT molecular complexity index is 94.6. The number of primary amides is 1. The Hall–Kier alpha value is 0.01000. The third-order valence-corrected chi connectivity index (χ3v) is 1.18. The van der Waals surface area contributed by atoms with Crippen molar-refractivity contribution >= 4 is 30.7 Å². The molecule has 5 heteroatoms. The lowest BCUT2D eigenvalue weighted by Gasteiger charge is -2.22. The lowest BCUT2D eigenvalue weighted by atomic mass is 10.0. The first-order valence-corrected chi connectivity index (χ1v) is 2.31. The monoisotopic (exact) mass is 172 g/mol. The van der Waals surface area contributed by atoms with E-state index in [1.54, 1.807) is 0 Å². The van der Waals surface area contributed by atoms with Crippen molar-refractivity contribution < 1.29 is 4.79 Å². The maximum Gasteiger partial charge on any atom is 0.223 e. The molecule has 0 radical (unpaired) electrons. The molecule has 0 spiro atoms. The average molecular weight is 173 g/mol. The summed E-state index contributed by atoms with van der Waals surface area (Å²) in [6.07, 6.45) is 0. The van der Waals surface area contributed by atoms with Crippen LogP contribution in [0.2, 0.25) is 0 Å². The van der Waals surface area contributed by atoms with Crippen LogP contribution >= 0.6 is 24.8 Å². The molecule has 1 amide bonds. The number of carbonyl (C=O) groups excluding carboxylic acids is 1. The topological polar surface area (TPSA) is 55.1 Å². The molecule has 9 heavy (non-hydrogen) atoms. The summed E-state index contributed by atoms with van der Waals surface area (Å²) in [6.45, 7) is 1.55. The molecule has 0 aromatic rings. The van der Waals surface area contributed by atoms with E-state index in [4.69, 9.17) is 5.73 Å². The largest absolute Gasteiger partial charge is 0.369 e. The van der Waals surface area contributed by atoms with E-state index in [0.29, 0.717) is 0 Å². The van der Waals surface area contributed by atoms with E-state index in [-0.39, 0.29) is 36.6 Å². The van der Waals surface area contributed by atoms with Crippen molar-refractivity contribution in [2.45, 2.75) is 0 Å². The zero-order valence-electron chi connectivity index (χ0n) is 4.79. The fourth-order valence-electron chi connectivity index (χ4n) is 0.490. The van der Waals surface area contributed by atoms with Gasteiger partial charge in [0.25, 0.3) is 0 Å². The van der Waals surface area contributed by atoms with Crippen LogP contribution in [0.4, 0.5) is 0 Å². The predicted octanol–water partition coefficient (Wildman–Crippen LogP) is -0.465. The van der Waals surface area contributed by atoms with Crippen LogP contribution in [0.1, 0.15) is 0 Å². The van der Waals surface area contributed by atoms with Gasteiger partial charge in [-0.25, -0.2) is 0 Å². The summed E-state index contributed by atoms with van der Waals surface area (Å²) >= 11 is 0. The number of nitrogens with one attached hydrogen (secondary N) is 1. The molecule has 1 aliphatic heterocycles. The maximum atomic E-state index is 10.2. The van der Waals surface area contributed by atoms with E-state index in [1.807, 2.05) is 0 Å². The zero-order chi connectivity index (χ0) is 5.28. The third-order valence-electron chi connectivity index (χ3n) is 1.18. The molecule has 0 aliphatic carbocycles. The number of nitrogens with two attached hydrogens (primary N) is 1. The van der Waals surface area contributed by atoms with E-state index in [0.717, 1.165) is 13.1 Å². The van der Waals surface area contributed by atoms with Crippen molar-refractivity contribution in [2.75, 3.05) is 13.1 Å². The highest BCUT2D eigenvalue weighted by Gasteiger charge is 2.21. The summed E-state index contributed by atoms with van der Waals surface area (Å²) in [5.74, 6) is -0.0706. The molecule has 3 N–H and O–H groups in total. The molecule has 0 unspecified atom stereocenters. The van der Waals surface area contributed by atoms with Gasteiger partial charge in [-0.3, -0.25) is 4.79 Å². The highest BCUT2D eigenvalue weighted by molar-refractivity contribution is 5.85. The number of amides is 1. The molecule has 0 saturated carbocycles. The van der Waals surface area contributed by atoms with Gasteiger partial charge in [-0.1, -0.05) is 0 Å². The van der Waals surface area contributed by atoms with Crippen molar-refractivity contribution in [1.29, 1.82) is 0 Å². The summed E-state index contributed by atoms with van der Waals surface area (Å²) in [4.78, 5) is 10.2. The molecule has 1 heterocycles. The van der Waals surface area contributed by atoms with Gasteiger partial charge in [0, 0.05) is 13.1 Å². The summed E-state index contributed by atoms with van der Waals surface area (Å²) in [5, 5.41) is 2.94. The Morgan fingerprint density at radius 2 is 1.89 bits per heavy atom. The second-order valence-electron chi connectivity index (χ2n) is 1.76. The molecule has 0 bridgehead atoms. The van der Waals surface area contributed by atoms with Gasteiger partial charge in [0.15, 0.2) is 0 Å². The number of carbonyl (C=O) groups is 1. The summed E-state index contributed by atoms with van der Waals surface area (Å²) in [5.41, 5.74) is 4.92. The van der Waals surface area contributed by atoms with Crippen molar-refractivity contribution in [3.8, 4) is 0 Å². The Balaban J connectivity index is 0. The van der Waals surface area contributed by atoms with Gasteiger partial charge in [0.05, 0.1) is 5.92 Å². The van der Waals surface area contributed by atoms with E-state index in [2.05, 4.69) is 5.32 Å². The van der Waals surface area contributed by atoms with Gasteiger partial charge >= 0.3 is 0 Å². The van der Waals surface area contributed by atoms with Gasteiger partial charge in [-0.05, 0) is 0 Å². The SMILES string of the molecule is Cl.Cl.NC(=O)C1CNC1. The van der Waals surface area contributed by atoms with Crippen molar-refractivity contribution in [3.63, 3.8) is 0 Å². The molecule has 1 saturated heterocycles. The van der Waals surface area contributed by atoms with Gasteiger partial charge in [0.1, 0.15) is 0 Å². The summed E-state index contributed by atoms with van der Waals surface area (Å²) < 4.78 is 0. The third kappa shape index (κ3) is 2.89. The average Bonchev–Trinajstić information content (AvgIpc) is 1.23. The molecule has 0 atom stereocenters. The first kappa shape index (κ1) is 11.8. The molecule has 56 valence electrons. The Labute approximate surface area is 66.2 Å². The minimum absolute atomic E-state index is 0. The minimum atomic E-state index is -0.182. The van der Waals surface area contributed by atoms with Crippen molar-refractivity contribution in [2.24, 2.45) is 11.7 Å². The van der Waals surface area contributed by atoms with Crippen LogP contribution in [-0.4, -0.2) is 19.0 Å². The Morgan fingerprint density at radius 3 is 1.89 bits per heavy atom. The molecular weight excluding hydrogens is 163 g/mol. The second kappa shape index (κ2) is 4.85. The fourth-order valence-corrected chi connectivity index (χ4v) is 0.490. The highest BCUT2D eigenvalue weighted by Crippen LogP contribution is 1.98. The zero-order valence-corrected chi connectivity index (χ0v) is 6.43. The number of rotatable bonds is 1. The van der Waals surface area contributed by atoms with Gasteiger partial charge in [-0.15, -0.1) is 24.8 Å². The Kier molecular flexibility index (Phi) is 6.34. The first-order chi connectivity index (χ1) is 3.30. The molecule has 0 aromatic carbocycles. The lowest BCUT2D eigenvalue weighted by Crippen LogP contribution is -2.49. The fraction of sp³-hybridized carbons (Fsp3) is 0.750. The lowest BCUT2D eigenvalue weighted by molar-refractivity contribution is -0.123. The van der Waals surface area contributed by atoms with Crippen LogP contribution in [0, 0.1) is 5.92 Å². The Morgan fingerprint density at radius 1 is 1.44 bits per heavy atom. The van der Waals surface area contributed by atoms with E-state index in [1.165, 1.54) is 0 Å². The van der Waals surface area contributed by atoms with Crippen LogP contribution in [0.25, 0.3) is 0 Å². The normalized spacial score (nSPS) is 16.4. The second-order valence-corrected chi connectivity index (χ2v) is 1.76. The molecule has 1 rings (SSSR count). The molecular formula is C4H10Cl2N2O. The van der Waals surface area contributed by atoms with Gasteiger partial charge in [-0.2, -0.15) is 0 Å². The van der Waals surface area contributed by atoms with Crippen LogP contribution in [0.15, 0.2) is 0 Å². The standard InChI is InChI=1S/C4H8N2O.2ClH/c5-4(7)3-1-6-2-3;;/h3,6H,1-2H2,(H2,5,7);2*1H. The molecule has 1 fully saturated rings. The van der Waals surface area contributed by atoms with Crippen molar-refractivity contribution in [1.82, 2.24) is 5.32 Å². The van der Waals surface area contributed by atoms with E-state index >= 15 is 0 Å². The molecule has 1 aliphatic rings. The van der Waals surface area contributed by atoms with Gasteiger partial charge in [0.2, 0.25) is 5.91 Å². The highest BCUT2D eigenvalue weighted by atomic mass is 35.5. The summed E-state index contributed by atoms with van der Waals surface area (Å²) in [6, 6.07) is 0. The molecule has 3 nitrogen and oxygen atoms in total.